The summed E-state index contributed by atoms with van der Waals surface area (Å²) >= 11 is 0. The molecule has 18 heavy (non-hydrogen) atoms. The van der Waals surface area contributed by atoms with Crippen LogP contribution in [-0.4, -0.2) is 11.6 Å². The molecule has 0 saturated heterocycles. The second kappa shape index (κ2) is 3.44. The van der Waals surface area contributed by atoms with E-state index in [1.807, 2.05) is 6.92 Å². The van der Waals surface area contributed by atoms with Gasteiger partial charge in [-0.2, -0.15) is 0 Å². The number of rotatable bonds is 0. The summed E-state index contributed by atoms with van der Waals surface area (Å²) in [6, 6.07) is 0. The van der Waals surface area contributed by atoms with E-state index in [9.17, 15) is 9.59 Å². The lowest BCUT2D eigenvalue weighted by molar-refractivity contribution is -0.117. The Balaban J connectivity index is 2.23. The minimum atomic E-state index is -0.230. The van der Waals surface area contributed by atoms with Gasteiger partial charge in [0, 0.05) is 23.0 Å². The van der Waals surface area contributed by atoms with E-state index in [2.05, 4.69) is 13.8 Å². The minimum Gasteiger partial charge on any atom is -0.460 e. The Bertz CT molecular complexity index is 591. The summed E-state index contributed by atoms with van der Waals surface area (Å²) < 4.78 is 5.36. The van der Waals surface area contributed by atoms with Gasteiger partial charge in [-0.15, -0.1) is 0 Å². The van der Waals surface area contributed by atoms with Crippen molar-refractivity contribution in [1.82, 2.24) is 0 Å². The van der Waals surface area contributed by atoms with Gasteiger partial charge in [-0.05, 0) is 30.9 Å². The standard InChI is InChI=1S/C15H16O3/c1-8-7-18-14-11(8)6-15(3)9(2)4-10(16)5-12(15)13(14)17/h5,7,9H,4,6H2,1-3H3. The molecule has 3 nitrogen and oxygen atoms in total. The minimum absolute atomic E-state index is 0.0510. The van der Waals surface area contributed by atoms with Gasteiger partial charge >= 0.3 is 0 Å². The fourth-order valence-electron chi connectivity index (χ4n) is 3.14. The lowest BCUT2D eigenvalue weighted by atomic mass is 9.60. The lowest BCUT2D eigenvalue weighted by Gasteiger charge is -2.42. The van der Waals surface area contributed by atoms with E-state index in [0.29, 0.717) is 17.8 Å². The molecule has 0 bridgehead atoms. The maximum Gasteiger partial charge on any atom is 0.225 e. The van der Waals surface area contributed by atoms with Crippen molar-refractivity contribution in [3.63, 3.8) is 0 Å². The molecule has 2 atom stereocenters. The van der Waals surface area contributed by atoms with E-state index in [-0.39, 0.29) is 22.9 Å². The first kappa shape index (κ1) is 11.5. The highest BCUT2D eigenvalue weighted by atomic mass is 16.3. The number of fused-ring (bicyclic) bond motifs is 2. The predicted octanol–water partition coefficient (Wildman–Crippen LogP) is 2.87. The summed E-state index contributed by atoms with van der Waals surface area (Å²) in [5, 5.41) is 0. The van der Waals surface area contributed by atoms with Crippen LogP contribution in [0.15, 0.2) is 22.3 Å². The highest BCUT2D eigenvalue weighted by Crippen LogP contribution is 2.49. The van der Waals surface area contributed by atoms with Gasteiger partial charge in [-0.25, -0.2) is 0 Å². The van der Waals surface area contributed by atoms with Crippen molar-refractivity contribution >= 4 is 11.6 Å². The van der Waals surface area contributed by atoms with Crippen LogP contribution >= 0.6 is 0 Å². The molecule has 0 N–H and O–H groups in total. The van der Waals surface area contributed by atoms with E-state index < -0.39 is 0 Å². The Labute approximate surface area is 106 Å². The van der Waals surface area contributed by atoms with Gasteiger partial charge < -0.3 is 4.42 Å². The van der Waals surface area contributed by atoms with E-state index in [1.165, 1.54) is 6.08 Å². The maximum absolute atomic E-state index is 12.4. The summed E-state index contributed by atoms with van der Waals surface area (Å²) in [7, 11) is 0. The van der Waals surface area contributed by atoms with Crippen molar-refractivity contribution in [2.24, 2.45) is 11.3 Å². The van der Waals surface area contributed by atoms with Crippen LogP contribution < -0.4 is 0 Å². The van der Waals surface area contributed by atoms with Crippen LogP contribution in [0.4, 0.5) is 0 Å². The molecule has 1 heterocycles. The van der Waals surface area contributed by atoms with Crippen molar-refractivity contribution in [3.05, 3.63) is 34.8 Å². The first-order chi connectivity index (χ1) is 8.43. The number of ketones is 2. The summed E-state index contributed by atoms with van der Waals surface area (Å²) in [5.74, 6) is 0.566. The average molecular weight is 244 g/mol. The molecule has 0 amide bonds. The fourth-order valence-corrected chi connectivity index (χ4v) is 3.14. The summed E-state index contributed by atoms with van der Waals surface area (Å²) in [4.78, 5) is 24.1. The summed E-state index contributed by atoms with van der Waals surface area (Å²) in [5.41, 5.74) is 2.45. The number of hydrogen-bond acceptors (Lipinski definition) is 3. The smallest absolute Gasteiger partial charge is 0.225 e. The Hall–Kier alpha value is -1.64. The Morgan fingerprint density at radius 3 is 2.83 bits per heavy atom. The maximum atomic E-state index is 12.4. The summed E-state index contributed by atoms with van der Waals surface area (Å²) in [6.07, 6.45) is 4.48. The molecule has 2 unspecified atom stereocenters. The Morgan fingerprint density at radius 2 is 2.11 bits per heavy atom. The van der Waals surface area contributed by atoms with Gasteiger partial charge in [-0.3, -0.25) is 9.59 Å². The van der Waals surface area contributed by atoms with Crippen LogP contribution in [0.25, 0.3) is 0 Å². The fraction of sp³-hybridized carbons (Fsp3) is 0.467. The number of hydrogen-bond donors (Lipinski definition) is 0. The number of carbonyl (C=O) groups excluding carboxylic acids is 2. The van der Waals surface area contributed by atoms with Crippen molar-refractivity contribution in [2.45, 2.75) is 33.6 Å². The number of carbonyl (C=O) groups is 2. The van der Waals surface area contributed by atoms with Crippen LogP contribution in [0.3, 0.4) is 0 Å². The zero-order chi connectivity index (χ0) is 13.1. The molecule has 0 spiro atoms. The molecule has 0 aliphatic heterocycles. The second-order valence-corrected chi connectivity index (χ2v) is 5.78. The van der Waals surface area contributed by atoms with E-state index >= 15 is 0 Å². The van der Waals surface area contributed by atoms with Gasteiger partial charge in [0.1, 0.15) is 0 Å². The summed E-state index contributed by atoms with van der Waals surface area (Å²) in [6.45, 7) is 6.11. The number of allylic oxidation sites excluding steroid dienone is 2. The molecule has 3 heteroatoms. The van der Waals surface area contributed by atoms with Gasteiger partial charge in [0.25, 0.3) is 0 Å². The molecule has 0 saturated carbocycles. The molecule has 0 fully saturated rings. The third-order valence-corrected chi connectivity index (χ3v) is 4.61. The van der Waals surface area contributed by atoms with Crippen molar-refractivity contribution < 1.29 is 14.0 Å². The molecule has 1 aromatic rings. The number of Topliss-reactive ketones (excluding diaryl/α,β-unsaturated/α-hetero) is 1. The largest absolute Gasteiger partial charge is 0.460 e. The second-order valence-electron chi connectivity index (χ2n) is 5.78. The van der Waals surface area contributed by atoms with Crippen LogP contribution in [0, 0.1) is 18.3 Å². The van der Waals surface area contributed by atoms with Crippen LogP contribution in [0.2, 0.25) is 0 Å². The van der Waals surface area contributed by atoms with Crippen LogP contribution in [-0.2, 0) is 11.2 Å². The van der Waals surface area contributed by atoms with Crippen molar-refractivity contribution in [3.8, 4) is 0 Å². The topological polar surface area (TPSA) is 47.3 Å². The third kappa shape index (κ3) is 1.30. The molecule has 3 rings (SSSR count). The Morgan fingerprint density at radius 1 is 1.39 bits per heavy atom. The first-order valence-corrected chi connectivity index (χ1v) is 6.30. The molecule has 0 radical (unpaired) electrons. The van der Waals surface area contributed by atoms with Crippen LogP contribution in [0.1, 0.15) is 41.9 Å². The predicted molar refractivity (Wildman–Crippen MR) is 66.5 cm³/mol. The highest BCUT2D eigenvalue weighted by molar-refractivity contribution is 6.14. The molecular weight excluding hydrogens is 228 g/mol. The number of aryl methyl sites for hydroxylation is 1. The van der Waals surface area contributed by atoms with Crippen molar-refractivity contribution in [1.29, 1.82) is 0 Å². The molecule has 2 aliphatic rings. The monoisotopic (exact) mass is 244 g/mol. The first-order valence-electron chi connectivity index (χ1n) is 6.30. The molecule has 2 aliphatic carbocycles. The molecule has 0 aromatic carbocycles. The quantitative estimate of drug-likeness (QED) is 0.705. The van der Waals surface area contributed by atoms with Gasteiger partial charge in [0.15, 0.2) is 11.5 Å². The van der Waals surface area contributed by atoms with Gasteiger partial charge in [-0.1, -0.05) is 13.8 Å². The van der Waals surface area contributed by atoms with Crippen LogP contribution in [0.5, 0.6) is 0 Å². The zero-order valence-electron chi connectivity index (χ0n) is 10.9. The van der Waals surface area contributed by atoms with E-state index in [1.54, 1.807) is 6.26 Å². The Kier molecular flexibility index (Phi) is 2.19. The molecule has 94 valence electrons. The highest BCUT2D eigenvalue weighted by Gasteiger charge is 2.48. The van der Waals surface area contributed by atoms with Gasteiger partial charge in [0.2, 0.25) is 5.78 Å². The normalized spacial score (nSPS) is 30.8. The van der Waals surface area contributed by atoms with Crippen molar-refractivity contribution in [2.75, 3.05) is 0 Å². The average Bonchev–Trinajstić information content (AvgIpc) is 2.65. The van der Waals surface area contributed by atoms with Gasteiger partial charge in [0.05, 0.1) is 6.26 Å². The zero-order valence-corrected chi connectivity index (χ0v) is 10.9. The lowest BCUT2D eigenvalue weighted by Crippen LogP contribution is -2.41. The third-order valence-electron chi connectivity index (χ3n) is 4.61. The SMILES string of the molecule is Cc1coc2c1CC1(C)C(=CC(=O)CC1C)C2=O. The molecular formula is C15H16O3. The van der Waals surface area contributed by atoms with E-state index in [0.717, 1.165) is 17.5 Å². The number of furan rings is 1. The van der Waals surface area contributed by atoms with E-state index in [4.69, 9.17) is 4.42 Å². The molecule has 1 aromatic heterocycles.